The lowest BCUT2D eigenvalue weighted by Gasteiger charge is -2.32. The van der Waals surface area contributed by atoms with Crippen LogP contribution in [-0.2, 0) is 6.42 Å². The summed E-state index contributed by atoms with van der Waals surface area (Å²) in [5, 5.41) is 16.6. The molecule has 1 fully saturated rings. The first-order valence-corrected chi connectivity index (χ1v) is 6.63. The number of rotatable bonds is 3. The minimum Gasteiger partial charge on any atom is -0.508 e. The van der Waals surface area contributed by atoms with Gasteiger partial charge in [-0.15, -0.1) is 0 Å². The monoisotopic (exact) mass is 232 g/mol. The quantitative estimate of drug-likeness (QED) is 0.700. The summed E-state index contributed by atoms with van der Waals surface area (Å²) in [4.78, 5) is 0. The van der Waals surface area contributed by atoms with Crippen molar-refractivity contribution in [3.05, 3.63) is 23.8 Å². The van der Waals surface area contributed by atoms with Gasteiger partial charge in [0.2, 0.25) is 0 Å². The summed E-state index contributed by atoms with van der Waals surface area (Å²) in [6.07, 6.45) is 6.29. The molecule has 17 heavy (non-hydrogen) atoms. The third-order valence-corrected chi connectivity index (χ3v) is 3.97. The normalized spacial score (nSPS) is 23.6. The number of benzene rings is 1. The van der Waals surface area contributed by atoms with Crippen molar-refractivity contribution in [1.82, 2.24) is 5.32 Å². The molecule has 0 spiro atoms. The summed E-state index contributed by atoms with van der Waals surface area (Å²) in [5.74, 6) is 0.372. The van der Waals surface area contributed by atoms with Crippen molar-refractivity contribution in [3.63, 3.8) is 0 Å². The average molecular weight is 232 g/mol. The molecule has 92 valence electrons. The van der Waals surface area contributed by atoms with Gasteiger partial charge in [0.15, 0.2) is 0 Å². The molecule has 1 atom stereocenters. The van der Waals surface area contributed by atoms with Crippen molar-refractivity contribution >= 4 is 5.69 Å². The zero-order chi connectivity index (χ0) is 11.7. The van der Waals surface area contributed by atoms with Gasteiger partial charge in [-0.1, -0.05) is 6.42 Å². The summed E-state index contributed by atoms with van der Waals surface area (Å²) < 4.78 is 0. The number of nitrogens with one attached hydrogen (secondary N) is 2. The Kier molecular flexibility index (Phi) is 2.93. The third-order valence-electron chi connectivity index (χ3n) is 3.97. The molecule has 1 aromatic carbocycles. The van der Waals surface area contributed by atoms with Crippen molar-refractivity contribution in [1.29, 1.82) is 0 Å². The molecule has 1 unspecified atom stereocenters. The minimum atomic E-state index is 0.372. The maximum Gasteiger partial charge on any atom is 0.116 e. The molecule has 3 nitrogen and oxygen atoms in total. The second-order valence-electron chi connectivity index (χ2n) is 5.26. The molecule has 3 rings (SSSR count). The summed E-state index contributed by atoms with van der Waals surface area (Å²) in [7, 11) is 0. The molecule has 1 aliphatic heterocycles. The Balaban J connectivity index is 1.58. The number of phenolic OH excluding ortho intramolecular Hbond substituents is 1. The molecule has 1 aromatic rings. The van der Waals surface area contributed by atoms with Gasteiger partial charge in [-0.05, 0) is 49.4 Å². The van der Waals surface area contributed by atoms with Gasteiger partial charge in [0.1, 0.15) is 5.75 Å². The Labute approximate surface area is 102 Å². The van der Waals surface area contributed by atoms with Crippen molar-refractivity contribution in [2.45, 2.75) is 44.2 Å². The number of aromatic hydroxyl groups is 1. The molecule has 0 aromatic heterocycles. The van der Waals surface area contributed by atoms with E-state index in [0.29, 0.717) is 11.8 Å². The summed E-state index contributed by atoms with van der Waals surface area (Å²) in [6, 6.07) is 6.91. The average Bonchev–Trinajstić information content (AvgIpc) is 2.27. The Bertz CT molecular complexity index is 401. The summed E-state index contributed by atoms with van der Waals surface area (Å²) >= 11 is 0. The molecular weight excluding hydrogens is 212 g/mol. The van der Waals surface area contributed by atoms with E-state index in [1.54, 1.807) is 6.07 Å². The zero-order valence-electron chi connectivity index (χ0n) is 10.1. The van der Waals surface area contributed by atoms with Crippen LogP contribution in [-0.4, -0.2) is 23.7 Å². The van der Waals surface area contributed by atoms with E-state index in [4.69, 9.17) is 0 Å². The highest BCUT2D eigenvalue weighted by atomic mass is 16.3. The van der Waals surface area contributed by atoms with E-state index in [-0.39, 0.29) is 0 Å². The van der Waals surface area contributed by atoms with Crippen molar-refractivity contribution in [3.8, 4) is 5.75 Å². The predicted molar refractivity (Wildman–Crippen MR) is 69.5 cm³/mol. The second kappa shape index (κ2) is 4.57. The zero-order valence-corrected chi connectivity index (χ0v) is 10.1. The maximum absolute atomic E-state index is 9.43. The molecular formula is C14H20N2O. The molecule has 2 aliphatic rings. The van der Waals surface area contributed by atoms with E-state index >= 15 is 0 Å². The molecule has 1 aliphatic carbocycles. The molecule has 0 amide bonds. The Hall–Kier alpha value is -1.22. The molecule has 0 saturated heterocycles. The van der Waals surface area contributed by atoms with Crippen LogP contribution in [0.5, 0.6) is 5.75 Å². The fraction of sp³-hybridized carbons (Fsp3) is 0.571. The molecule has 1 saturated carbocycles. The highest BCUT2D eigenvalue weighted by Gasteiger charge is 2.21. The SMILES string of the molecule is Oc1ccc2c(c1)CCC(CNC1CCC1)N2. The maximum atomic E-state index is 9.43. The second-order valence-corrected chi connectivity index (χ2v) is 5.26. The Morgan fingerprint density at radius 1 is 1.29 bits per heavy atom. The summed E-state index contributed by atoms with van der Waals surface area (Å²) in [6.45, 7) is 1.06. The van der Waals surface area contributed by atoms with Gasteiger partial charge in [0.05, 0.1) is 0 Å². The van der Waals surface area contributed by atoms with Crippen LogP contribution < -0.4 is 10.6 Å². The van der Waals surface area contributed by atoms with E-state index in [1.165, 1.54) is 30.5 Å². The van der Waals surface area contributed by atoms with Crippen LogP contribution in [0.4, 0.5) is 5.69 Å². The Morgan fingerprint density at radius 2 is 2.18 bits per heavy atom. The van der Waals surface area contributed by atoms with Gasteiger partial charge in [0.25, 0.3) is 0 Å². The lowest BCUT2D eigenvalue weighted by molar-refractivity contribution is 0.331. The first-order chi connectivity index (χ1) is 8.31. The predicted octanol–water partition coefficient (Wildman–Crippen LogP) is 2.26. The van der Waals surface area contributed by atoms with Crippen LogP contribution >= 0.6 is 0 Å². The first-order valence-electron chi connectivity index (χ1n) is 6.63. The van der Waals surface area contributed by atoms with Crippen LogP contribution in [0.15, 0.2) is 18.2 Å². The van der Waals surface area contributed by atoms with Gasteiger partial charge < -0.3 is 15.7 Å². The van der Waals surface area contributed by atoms with E-state index in [1.807, 2.05) is 12.1 Å². The van der Waals surface area contributed by atoms with Gasteiger partial charge >= 0.3 is 0 Å². The van der Waals surface area contributed by atoms with Crippen molar-refractivity contribution < 1.29 is 5.11 Å². The first kappa shape index (κ1) is 10.9. The lowest BCUT2D eigenvalue weighted by Crippen LogP contribution is -2.43. The highest BCUT2D eigenvalue weighted by Crippen LogP contribution is 2.28. The molecule has 3 N–H and O–H groups in total. The minimum absolute atomic E-state index is 0.372. The number of hydrogen-bond donors (Lipinski definition) is 3. The molecule has 3 heteroatoms. The number of aryl methyl sites for hydroxylation is 1. The molecule has 1 heterocycles. The van der Waals surface area contributed by atoms with Crippen molar-refractivity contribution in [2.24, 2.45) is 0 Å². The van der Waals surface area contributed by atoms with Gasteiger partial charge in [0, 0.05) is 24.3 Å². The number of hydrogen-bond acceptors (Lipinski definition) is 3. The topological polar surface area (TPSA) is 44.3 Å². The van der Waals surface area contributed by atoms with Gasteiger partial charge in [-0.3, -0.25) is 0 Å². The molecule has 0 bridgehead atoms. The van der Waals surface area contributed by atoms with E-state index in [2.05, 4.69) is 10.6 Å². The smallest absolute Gasteiger partial charge is 0.116 e. The van der Waals surface area contributed by atoms with E-state index in [0.717, 1.165) is 25.4 Å². The van der Waals surface area contributed by atoms with Crippen LogP contribution in [0, 0.1) is 0 Å². The van der Waals surface area contributed by atoms with E-state index in [9.17, 15) is 5.11 Å². The number of phenols is 1. The van der Waals surface area contributed by atoms with Crippen LogP contribution in [0.3, 0.4) is 0 Å². The third kappa shape index (κ3) is 2.39. The fourth-order valence-corrected chi connectivity index (χ4v) is 2.62. The number of anilines is 1. The fourth-order valence-electron chi connectivity index (χ4n) is 2.62. The largest absolute Gasteiger partial charge is 0.508 e. The standard InChI is InChI=1S/C14H20N2O/c17-13-6-7-14-10(8-13)4-5-12(16-14)9-15-11-2-1-3-11/h6-8,11-12,15-17H,1-5,9H2. The van der Waals surface area contributed by atoms with Crippen LogP contribution in [0.25, 0.3) is 0 Å². The number of fused-ring (bicyclic) bond motifs is 1. The summed E-state index contributed by atoms with van der Waals surface area (Å²) in [5.41, 5.74) is 2.43. The van der Waals surface area contributed by atoms with Crippen LogP contribution in [0.1, 0.15) is 31.2 Å². The Morgan fingerprint density at radius 3 is 2.94 bits per heavy atom. The molecule has 0 radical (unpaired) electrons. The highest BCUT2D eigenvalue weighted by molar-refractivity contribution is 5.56. The van der Waals surface area contributed by atoms with Crippen molar-refractivity contribution in [2.75, 3.05) is 11.9 Å². The van der Waals surface area contributed by atoms with E-state index < -0.39 is 0 Å². The lowest BCUT2D eigenvalue weighted by atomic mass is 9.92. The van der Waals surface area contributed by atoms with Crippen LogP contribution in [0.2, 0.25) is 0 Å². The van der Waals surface area contributed by atoms with Gasteiger partial charge in [-0.2, -0.15) is 0 Å². The van der Waals surface area contributed by atoms with Gasteiger partial charge in [-0.25, -0.2) is 0 Å².